The van der Waals surface area contributed by atoms with Crippen LogP contribution in [0.15, 0.2) is 12.7 Å². The van der Waals surface area contributed by atoms with Crippen molar-refractivity contribution in [2.75, 3.05) is 19.6 Å². The van der Waals surface area contributed by atoms with Crippen LogP contribution in [0.4, 0.5) is 4.79 Å². The highest BCUT2D eigenvalue weighted by atomic mass is 16.2. The van der Waals surface area contributed by atoms with Crippen LogP contribution in [0.3, 0.4) is 0 Å². The van der Waals surface area contributed by atoms with Crippen molar-refractivity contribution in [2.45, 2.75) is 144 Å². The molecule has 2 saturated heterocycles. The molecular weight excluding hydrogens is 664 g/mol. The molecule has 2 heterocycles. The molecule has 52 heavy (non-hydrogen) atoms. The van der Waals surface area contributed by atoms with Gasteiger partial charge in [0.2, 0.25) is 29.4 Å². The maximum atomic E-state index is 14.4. The summed E-state index contributed by atoms with van der Waals surface area (Å²) in [6, 6.07) is -4.07. The van der Waals surface area contributed by atoms with Gasteiger partial charge in [-0.25, -0.2) is 4.79 Å². The van der Waals surface area contributed by atoms with Crippen molar-refractivity contribution in [1.29, 1.82) is 0 Å². The fraction of sp³-hybridized carbons (Fsp3) is 0.769. The average Bonchev–Trinajstić information content (AvgIpc) is 3.35. The maximum absolute atomic E-state index is 14.4. The third-order valence-electron chi connectivity index (χ3n) is 11.1. The van der Waals surface area contributed by atoms with Gasteiger partial charge in [-0.15, -0.1) is 6.58 Å². The van der Waals surface area contributed by atoms with E-state index < -0.39 is 58.6 Å². The molecule has 7 amide bonds. The Balaban J connectivity index is 1.82. The van der Waals surface area contributed by atoms with Crippen LogP contribution < -0.4 is 21.3 Å². The maximum Gasteiger partial charge on any atom is 0.315 e. The second kappa shape index (κ2) is 17.4. The summed E-state index contributed by atoms with van der Waals surface area (Å²) in [4.78, 5) is 96.4. The summed E-state index contributed by atoms with van der Waals surface area (Å²) in [5, 5.41) is 11.1. The number of nitrogens with zero attached hydrogens (tertiary/aromatic N) is 2. The molecule has 0 radical (unpaired) electrons. The summed E-state index contributed by atoms with van der Waals surface area (Å²) in [5.74, 6) is -3.07. The number of rotatable bonds is 18. The van der Waals surface area contributed by atoms with Crippen LogP contribution >= 0.6 is 0 Å². The quantitative estimate of drug-likeness (QED) is 0.0718. The molecule has 13 nitrogen and oxygen atoms in total. The monoisotopic (exact) mass is 728 g/mol. The molecule has 0 bridgehead atoms. The molecule has 0 aromatic heterocycles. The molecule has 13 heteroatoms. The summed E-state index contributed by atoms with van der Waals surface area (Å²) in [6.07, 6.45) is 6.57. The van der Waals surface area contributed by atoms with Crippen molar-refractivity contribution in [3.05, 3.63) is 12.7 Å². The van der Waals surface area contributed by atoms with Crippen molar-refractivity contribution in [3.8, 4) is 0 Å². The number of ketones is 1. The Morgan fingerprint density at radius 2 is 1.52 bits per heavy atom. The molecular formula is C39H64N6O7. The van der Waals surface area contributed by atoms with Gasteiger partial charge in [0.05, 0.1) is 12.1 Å². The molecule has 2 aliphatic heterocycles. The summed E-state index contributed by atoms with van der Waals surface area (Å²) in [7, 11) is 0. The fourth-order valence-corrected chi connectivity index (χ4v) is 7.76. The number of carbonyl (C=O) groups excluding carboxylic acids is 7. The van der Waals surface area contributed by atoms with E-state index >= 15 is 0 Å². The fourth-order valence-electron chi connectivity index (χ4n) is 7.76. The summed E-state index contributed by atoms with van der Waals surface area (Å²) < 4.78 is 0. The van der Waals surface area contributed by atoms with Crippen LogP contribution in [0.1, 0.15) is 120 Å². The Hall–Kier alpha value is -3.77. The zero-order chi connectivity index (χ0) is 39.2. The van der Waals surface area contributed by atoms with E-state index in [0.717, 1.165) is 19.3 Å². The molecule has 4 N–H and O–H groups in total. The van der Waals surface area contributed by atoms with Gasteiger partial charge < -0.3 is 26.2 Å². The third kappa shape index (κ3) is 10.4. The molecule has 1 saturated carbocycles. The van der Waals surface area contributed by atoms with E-state index in [1.165, 1.54) is 11.0 Å². The molecule has 3 aliphatic rings. The van der Waals surface area contributed by atoms with Gasteiger partial charge in [-0.1, -0.05) is 100 Å². The highest BCUT2D eigenvalue weighted by Gasteiger charge is 2.69. The molecule has 3 rings (SSSR count). The topological polar surface area (TPSA) is 174 Å². The van der Waals surface area contributed by atoms with Crippen LogP contribution in [0.2, 0.25) is 0 Å². The second-order valence-electron chi connectivity index (χ2n) is 17.5. The van der Waals surface area contributed by atoms with Gasteiger partial charge in [0.1, 0.15) is 12.1 Å². The lowest BCUT2D eigenvalue weighted by Crippen LogP contribution is -2.61. The van der Waals surface area contributed by atoms with Crippen LogP contribution in [0, 0.1) is 28.1 Å². The number of hydrogen-bond acceptors (Lipinski definition) is 7. The van der Waals surface area contributed by atoms with Crippen molar-refractivity contribution in [3.63, 3.8) is 0 Å². The van der Waals surface area contributed by atoms with Gasteiger partial charge in [0, 0.05) is 32.5 Å². The van der Waals surface area contributed by atoms with Gasteiger partial charge >= 0.3 is 6.03 Å². The number of piperidine rings is 2. The SMILES string of the molecule is C=CCNC(=O)C(=O)[C@H](CCC)NC(=O)[C@@H]1[C@@H]2[C@H](CN1C(=O)[C@H](CCCCCC)NC(=O)N[C@H](CN1C(=O)CC(C)(C)CC1=O)C(C)(C)C)C2(C)C. The lowest BCUT2D eigenvalue weighted by molar-refractivity contribution is -0.153. The first-order chi connectivity index (χ1) is 24.2. The van der Waals surface area contributed by atoms with E-state index in [0.29, 0.717) is 25.8 Å². The largest absolute Gasteiger partial charge is 0.346 e. The van der Waals surface area contributed by atoms with Gasteiger partial charge in [0.25, 0.3) is 5.91 Å². The minimum absolute atomic E-state index is 0.00977. The van der Waals surface area contributed by atoms with E-state index in [1.807, 2.05) is 41.5 Å². The van der Waals surface area contributed by atoms with E-state index in [-0.39, 0.29) is 67.3 Å². The van der Waals surface area contributed by atoms with E-state index in [2.05, 4.69) is 48.6 Å². The van der Waals surface area contributed by atoms with Crippen molar-refractivity contribution < 1.29 is 33.6 Å². The van der Waals surface area contributed by atoms with Crippen molar-refractivity contribution >= 4 is 41.4 Å². The Morgan fingerprint density at radius 3 is 2.08 bits per heavy atom. The zero-order valence-electron chi connectivity index (χ0n) is 33.0. The van der Waals surface area contributed by atoms with Crippen molar-refractivity contribution in [2.24, 2.45) is 28.1 Å². The number of imide groups is 1. The molecule has 0 unspecified atom stereocenters. The van der Waals surface area contributed by atoms with Crippen LogP contribution in [-0.4, -0.2) is 95.0 Å². The Bertz CT molecular complexity index is 1370. The Labute approximate surface area is 310 Å². The number of nitrogens with one attached hydrogen (secondary N) is 4. The zero-order valence-corrected chi connectivity index (χ0v) is 33.0. The predicted octanol–water partition coefficient (Wildman–Crippen LogP) is 3.85. The molecule has 292 valence electrons. The van der Waals surface area contributed by atoms with E-state index in [4.69, 9.17) is 0 Å². The van der Waals surface area contributed by atoms with Gasteiger partial charge in [-0.2, -0.15) is 0 Å². The van der Waals surface area contributed by atoms with Gasteiger partial charge in [0.15, 0.2) is 0 Å². The number of likely N-dealkylation sites (tertiary alicyclic amines) is 2. The standard InChI is InChI=1S/C39H64N6O7/c1-11-14-15-16-18-26(42-36(52)43-27(37(4,5)6)23-44-28(46)20-38(7,8)21-29(44)47)35(51)45-22-24-30(39(24,9)10)31(45)33(49)41-25(17-12-2)32(48)34(50)40-19-13-3/h13,24-27,30-31H,3,11-12,14-23H2,1-2,4-10H3,(H,40,50)(H,41,49)(H2,42,43,52)/t24-,25-,26-,27+,30-,31-/m0/s1. The summed E-state index contributed by atoms with van der Waals surface area (Å²) in [5.41, 5.74) is -1.17. The highest BCUT2D eigenvalue weighted by Crippen LogP contribution is 2.65. The number of fused-ring (bicyclic) bond motifs is 1. The molecule has 0 aromatic carbocycles. The first-order valence-electron chi connectivity index (χ1n) is 19.1. The summed E-state index contributed by atoms with van der Waals surface area (Å²) in [6.45, 7) is 21.6. The van der Waals surface area contributed by atoms with Crippen LogP contribution in [-0.2, 0) is 28.8 Å². The average molecular weight is 729 g/mol. The van der Waals surface area contributed by atoms with E-state index in [9.17, 15) is 33.6 Å². The minimum Gasteiger partial charge on any atom is -0.346 e. The normalized spacial score (nSPS) is 23.5. The minimum atomic E-state index is -1.05. The van der Waals surface area contributed by atoms with Gasteiger partial charge in [-0.3, -0.25) is 33.7 Å². The third-order valence-corrected chi connectivity index (χ3v) is 11.1. The number of hydrogen-bond donors (Lipinski definition) is 4. The molecule has 3 fully saturated rings. The van der Waals surface area contributed by atoms with Crippen LogP contribution in [0.25, 0.3) is 0 Å². The van der Waals surface area contributed by atoms with Gasteiger partial charge in [-0.05, 0) is 40.9 Å². The number of amides is 7. The first-order valence-corrected chi connectivity index (χ1v) is 19.1. The number of Topliss-reactive ketones (excluding diaryl/α,β-unsaturated/α-hetero) is 1. The highest BCUT2D eigenvalue weighted by molar-refractivity contribution is 6.38. The lowest BCUT2D eigenvalue weighted by atomic mass is 9.80. The summed E-state index contributed by atoms with van der Waals surface area (Å²) >= 11 is 0. The second-order valence-corrected chi connectivity index (χ2v) is 17.5. The van der Waals surface area contributed by atoms with Crippen molar-refractivity contribution in [1.82, 2.24) is 31.1 Å². The Morgan fingerprint density at radius 1 is 0.885 bits per heavy atom. The predicted molar refractivity (Wildman–Crippen MR) is 199 cm³/mol. The smallest absolute Gasteiger partial charge is 0.315 e. The Kier molecular flexibility index (Phi) is 14.2. The van der Waals surface area contributed by atoms with Crippen LogP contribution in [0.5, 0.6) is 0 Å². The molecule has 0 spiro atoms. The van der Waals surface area contributed by atoms with E-state index in [1.54, 1.807) is 4.90 Å². The molecule has 6 atom stereocenters. The number of urea groups is 1. The molecule has 0 aromatic rings. The molecule has 1 aliphatic carbocycles. The lowest BCUT2D eigenvalue weighted by Gasteiger charge is -2.40. The number of unbranched alkanes of at least 4 members (excludes halogenated alkanes) is 3. The number of carbonyl (C=O) groups is 7. The first kappa shape index (κ1) is 42.6.